The lowest BCUT2D eigenvalue weighted by Gasteiger charge is -2.26. The number of para-hydroxylation sites is 2. The van der Waals surface area contributed by atoms with Gasteiger partial charge in [0.05, 0.1) is 11.9 Å². The number of aromatic nitrogens is 3. The van der Waals surface area contributed by atoms with E-state index in [2.05, 4.69) is 0 Å². The molecule has 0 aliphatic carbocycles. The molecule has 186 valence electrons. The molecule has 1 aliphatic rings. The summed E-state index contributed by atoms with van der Waals surface area (Å²) in [6.45, 7) is 2.10. The van der Waals surface area contributed by atoms with Crippen molar-refractivity contribution in [2.24, 2.45) is 0 Å². The Bertz CT molecular complexity index is 1760. The topological polar surface area (TPSA) is 95.6 Å². The first-order valence-electron chi connectivity index (χ1n) is 11.8. The second-order valence-electron chi connectivity index (χ2n) is 8.98. The average molecular weight is 516 g/mol. The molecule has 0 fully saturated rings. The van der Waals surface area contributed by atoms with Crippen LogP contribution >= 0.6 is 11.6 Å². The largest absolute Gasteiger partial charge is 0.486 e. The lowest BCUT2D eigenvalue weighted by Crippen LogP contribution is -2.37. The molecule has 1 atom stereocenters. The van der Waals surface area contributed by atoms with Crippen molar-refractivity contribution in [3.8, 4) is 22.8 Å². The van der Waals surface area contributed by atoms with Crippen LogP contribution in [0.25, 0.3) is 32.9 Å². The fraction of sp³-hybridized carbons (Fsp3) is 0.179. The van der Waals surface area contributed by atoms with Gasteiger partial charge < -0.3 is 19.1 Å². The van der Waals surface area contributed by atoms with Crippen molar-refractivity contribution in [3.63, 3.8) is 0 Å². The van der Waals surface area contributed by atoms with Gasteiger partial charge in [-0.1, -0.05) is 41.9 Å². The second kappa shape index (κ2) is 8.97. The first-order valence-corrected chi connectivity index (χ1v) is 12.2. The smallest absolute Gasteiger partial charge is 0.323 e. The van der Waals surface area contributed by atoms with Crippen LogP contribution in [0.15, 0.2) is 71.5 Å². The number of fused-ring (bicyclic) bond motifs is 3. The van der Waals surface area contributed by atoms with Gasteiger partial charge >= 0.3 is 5.97 Å². The highest BCUT2D eigenvalue weighted by atomic mass is 35.5. The fourth-order valence-corrected chi connectivity index (χ4v) is 5.15. The minimum atomic E-state index is -0.959. The Kier molecular flexibility index (Phi) is 5.61. The van der Waals surface area contributed by atoms with Crippen LogP contribution < -0.4 is 15.0 Å². The predicted octanol–water partition coefficient (Wildman–Crippen LogP) is 4.90. The molecule has 0 spiro atoms. The van der Waals surface area contributed by atoms with Gasteiger partial charge in [0.15, 0.2) is 17.6 Å². The van der Waals surface area contributed by atoms with E-state index < -0.39 is 12.1 Å². The minimum Gasteiger partial charge on any atom is -0.486 e. The van der Waals surface area contributed by atoms with E-state index in [0.29, 0.717) is 38.7 Å². The Labute approximate surface area is 216 Å². The van der Waals surface area contributed by atoms with Gasteiger partial charge in [-0.25, -0.2) is 4.68 Å². The summed E-state index contributed by atoms with van der Waals surface area (Å²) in [6.07, 6.45) is -0.419. The number of ether oxygens (including phenoxy) is 2. The van der Waals surface area contributed by atoms with Crippen molar-refractivity contribution >= 4 is 39.2 Å². The average Bonchev–Trinajstić information content (AvgIpc) is 3.15. The third-order valence-electron chi connectivity index (χ3n) is 6.63. The summed E-state index contributed by atoms with van der Waals surface area (Å²) < 4.78 is 15.1. The highest BCUT2D eigenvalue weighted by Crippen LogP contribution is 2.38. The summed E-state index contributed by atoms with van der Waals surface area (Å²) >= 11 is 6.36. The van der Waals surface area contributed by atoms with E-state index in [0.717, 1.165) is 16.5 Å². The number of hydrogen-bond acceptors (Lipinski definition) is 5. The zero-order valence-electron chi connectivity index (χ0n) is 19.8. The molecular formula is C28H22ClN3O5. The SMILES string of the molecule is Cc1c(-c2nn(CC3COc4ccccc4O3)c(=O)c3ccccc23)c2cc(Cl)ccc2n1CC(=O)O. The Morgan fingerprint density at radius 2 is 1.78 bits per heavy atom. The molecule has 5 aromatic rings. The molecule has 0 saturated heterocycles. The van der Waals surface area contributed by atoms with Crippen LogP contribution in [-0.2, 0) is 17.9 Å². The predicted molar refractivity (Wildman–Crippen MR) is 141 cm³/mol. The summed E-state index contributed by atoms with van der Waals surface area (Å²) in [5.41, 5.74) is 2.50. The van der Waals surface area contributed by atoms with Gasteiger partial charge in [0.2, 0.25) is 0 Å². The molecule has 8 nitrogen and oxygen atoms in total. The van der Waals surface area contributed by atoms with E-state index in [9.17, 15) is 14.7 Å². The standard InChI is InChI=1S/C28H22ClN3O5/c1-16-26(21-12-17(29)10-11-22(21)31(16)14-25(33)34)27-19-6-2-3-7-20(19)28(35)32(30-27)13-18-15-36-23-8-4-5-9-24(23)37-18/h2-12,18H,13-15H2,1H3,(H,33,34). The van der Waals surface area contributed by atoms with E-state index in [1.54, 1.807) is 28.8 Å². The van der Waals surface area contributed by atoms with Crippen molar-refractivity contribution < 1.29 is 19.4 Å². The van der Waals surface area contributed by atoms with Gasteiger partial charge in [0.1, 0.15) is 18.8 Å². The van der Waals surface area contributed by atoms with Crippen LogP contribution in [0.3, 0.4) is 0 Å². The fourth-order valence-electron chi connectivity index (χ4n) is 4.98. The van der Waals surface area contributed by atoms with Crippen LogP contribution in [0.1, 0.15) is 5.69 Å². The first kappa shape index (κ1) is 23.1. The third-order valence-corrected chi connectivity index (χ3v) is 6.86. The van der Waals surface area contributed by atoms with E-state index in [1.165, 1.54) is 4.68 Å². The number of carbonyl (C=O) groups is 1. The maximum atomic E-state index is 13.5. The molecule has 6 rings (SSSR count). The summed E-state index contributed by atoms with van der Waals surface area (Å²) in [7, 11) is 0. The van der Waals surface area contributed by atoms with Crippen molar-refractivity contribution in [2.75, 3.05) is 6.61 Å². The molecule has 9 heteroatoms. The molecule has 1 unspecified atom stereocenters. The van der Waals surface area contributed by atoms with Gasteiger partial charge in [-0.05, 0) is 43.3 Å². The van der Waals surface area contributed by atoms with Gasteiger partial charge in [-0.3, -0.25) is 9.59 Å². The zero-order chi connectivity index (χ0) is 25.7. The first-order chi connectivity index (χ1) is 17.9. The molecule has 0 amide bonds. The molecule has 37 heavy (non-hydrogen) atoms. The summed E-state index contributed by atoms with van der Waals surface area (Å²) in [4.78, 5) is 25.1. The van der Waals surface area contributed by atoms with Crippen molar-refractivity contribution in [2.45, 2.75) is 26.1 Å². The number of benzene rings is 3. The van der Waals surface area contributed by atoms with Crippen LogP contribution in [-0.4, -0.2) is 38.1 Å². The number of rotatable bonds is 5. The number of nitrogens with zero attached hydrogens (tertiary/aromatic N) is 3. The molecule has 0 saturated carbocycles. The van der Waals surface area contributed by atoms with E-state index in [-0.39, 0.29) is 25.3 Å². The monoisotopic (exact) mass is 515 g/mol. The maximum Gasteiger partial charge on any atom is 0.323 e. The van der Waals surface area contributed by atoms with Crippen molar-refractivity contribution in [1.82, 2.24) is 14.3 Å². The molecular weight excluding hydrogens is 494 g/mol. The normalized spacial score (nSPS) is 14.8. The van der Waals surface area contributed by atoms with Crippen LogP contribution in [0, 0.1) is 6.92 Å². The van der Waals surface area contributed by atoms with Gasteiger partial charge in [-0.2, -0.15) is 5.10 Å². The number of carboxylic acids is 1. The highest BCUT2D eigenvalue weighted by Gasteiger charge is 2.25. The minimum absolute atomic E-state index is 0.179. The van der Waals surface area contributed by atoms with E-state index >= 15 is 0 Å². The summed E-state index contributed by atoms with van der Waals surface area (Å²) in [5, 5.41) is 16.8. The number of carboxylic acid groups (broad SMARTS) is 1. The Hall–Kier alpha value is -4.30. The maximum absolute atomic E-state index is 13.5. The second-order valence-corrected chi connectivity index (χ2v) is 9.42. The summed E-state index contributed by atoms with van der Waals surface area (Å²) in [6, 6.07) is 20.0. The Morgan fingerprint density at radius 1 is 1.05 bits per heavy atom. The lowest BCUT2D eigenvalue weighted by atomic mass is 10.0. The number of halogens is 1. The van der Waals surface area contributed by atoms with Gasteiger partial charge in [0, 0.05) is 32.6 Å². The molecule has 3 aromatic carbocycles. The molecule has 2 aromatic heterocycles. The molecule has 0 radical (unpaired) electrons. The van der Waals surface area contributed by atoms with E-state index in [4.69, 9.17) is 26.2 Å². The Morgan fingerprint density at radius 3 is 2.57 bits per heavy atom. The lowest BCUT2D eigenvalue weighted by molar-refractivity contribution is -0.137. The van der Waals surface area contributed by atoms with E-state index in [1.807, 2.05) is 49.4 Å². The number of aliphatic carboxylic acids is 1. The van der Waals surface area contributed by atoms with Gasteiger partial charge in [-0.15, -0.1) is 0 Å². The molecule has 1 aliphatic heterocycles. The van der Waals surface area contributed by atoms with Crippen molar-refractivity contribution in [1.29, 1.82) is 0 Å². The molecule has 0 bridgehead atoms. The Balaban J connectivity index is 1.54. The third kappa shape index (κ3) is 3.99. The number of hydrogen-bond donors (Lipinski definition) is 1. The van der Waals surface area contributed by atoms with Crippen LogP contribution in [0.5, 0.6) is 11.5 Å². The summed E-state index contributed by atoms with van der Waals surface area (Å²) in [5.74, 6) is 0.325. The zero-order valence-corrected chi connectivity index (χ0v) is 20.6. The van der Waals surface area contributed by atoms with Crippen LogP contribution in [0.2, 0.25) is 5.02 Å². The highest BCUT2D eigenvalue weighted by molar-refractivity contribution is 6.31. The molecule has 3 heterocycles. The quantitative estimate of drug-likeness (QED) is 0.357. The van der Waals surface area contributed by atoms with Crippen molar-refractivity contribution in [3.05, 3.63) is 87.8 Å². The van der Waals surface area contributed by atoms with Gasteiger partial charge in [0.25, 0.3) is 5.56 Å². The van der Waals surface area contributed by atoms with Crippen LogP contribution in [0.4, 0.5) is 0 Å². The molecule has 1 N–H and O–H groups in total.